The molecule has 2 aliphatic heterocycles. The van der Waals surface area contributed by atoms with Crippen LogP contribution in [0.1, 0.15) is 39.5 Å². The van der Waals surface area contributed by atoms with Crippen molar-refractivity contribution in [1.82, 2.24) is 9.80 Å². The lowest BCUT2D eigenvalue weighted by atomic mass is 9.95. The van der Waals surface area contributed by atoms with Crippen LogP contribution in [0.2, 0.25) is 0 Å². The summed E-state index contributed by atoms with van der Waals surface area (Å²) in [6, 6.07) is 0. The van der Waals surface area contributed by atoms with Crippen molar-refractivity contribution in [3.63, 3.8) is 0 Å². The second-order valence-corrected chi connectivity index (χ2v) is 6.40. The van der Waals surface area contributed by atoms with Crippen molar-refractivity contribution in [1.29, 1.82) is 0 Å². The summed E-state index contributed by atoms with van der Waals surface area (Å²) in [6.45, 7) is 7.94. The van der Waals surface area contributed by atoms with E-state index >= 15 is 0 Å². The predicted molar refractivity (Wildman–Crippen MR) is 71.3 cm³/mol. The van der Waals surface area contributed by atoms with Crippen molar-refractivity contribution in [3.05, 3.63) is 0 Å². The molecule has 18 heavy (non-hydrogen) atoms. The molecule has 4 heteroatoms. The lowest BCUT2D eigenvalue weighted by Gasteiger charge is -2.38. The Kier molecular flexibility index (Phi) is 4.28. The molecule has 4 nitrogen and oxygen atoms in total. The molecule has 2 saturated heterocycles. The first-order valence-electron chi connectivity index (χ1n) is 7.19. The molecule has 0 radical (unpaired) electrons. The lowest BCUT2D eigenvalue weighted by Crippen LogP contribution is -2.51. The van der Waals surface area contributed by atoms with E-state index in [4.69, 9.17) is 0 Å². The summed E-state index contributed by atoms with van der Waals surface area (Å²) in [5, 5.41) is 10.0. The SMILES string of the molecule is CC1CCCN(C(=O)CN2CCCC(C)(O)C2)C1. The summed E-state index contributed by atoms with van der Waals surface area (Å²) in [7, 11) is 0. The monoisotopic (exact) mass is 254 g/mol. The number of nitrogens with zero attached hydrogens (tertiary/aromatic N) is 2. The first-order valence-corrected chi connectivity index (χ1v) is 7.19. The topological polar surface area (TPSA) is 43.8 Å². The summed E-state index contributed by atoms with van der Waals surface area (Å²) < 4.78 is 0. The second-order valence-electron chi connectivity index (χ2n) is 6.40. The van der Waals surface area contributed by atoms with E-state index in [-0.39, 0.29) is 5.91 Å². The van der Waals surface area contributed by atoms with Gasteiger partial charge in [-0.15, -0.1) is 0 Å². The largest absolute Gasteiger partial charge is 0.389 e. The molecular formula is C14H26N2O2. The molecule has 0 aromatic rings. The Hall–Kier alpha value is -0.610. The van der Waals surface area contributed by atoms with Gasteiger partial charge in [0.05, 0.1) is 12.1 Å². The third kappa shape index (κ3) is 3.69. The van der Waals surface area contributed by atoms with Crippen molar-refractivity contribution in [2.45, 2.75) is 45.1 Å². The Labute approximate surface area is 110 Å². The van der Waals surface area contributed by atoms with E-state index in [1.165, 1.54) is 6.42 Å². The van der Waals surface area contributed by atoms with Gasteiger partial charge in [-0.2, -0.15) is 0 Å². The normalized spacial score (nSPS) is 34.6. The highest BCUT2D eigenvalue weighted by atomic mass is 16.3. The van der Waals surface area contributed by atoms with Gasteiger partial charge in [-0.05, 0) is 45.1 Å². The van der Waals surface area contributed by atoms with E-state index in [9.17, 15) is 9.90 Å². The summed E-state index contributed by atoms with van der Waals surface area (Å²) >= 11 is 0. The molecule has 0 bridgehead atoms. The van der Waals surface area contributed by atoms with Crippen molar-refractivity contribution in [2.24, 2.45) is 5.92 Å². The number of amides is 1. The molecule has 2 heterocycles. The third-order valence-corrected chi connectivity index (χ3v) is 4.12. The van der Waals surface area contributed by atoms with E-state index in [0.717, 1.165) is 38.9 Å². The fourth-order valence-electron chi connectivity index (χ4n) is 3.17. The minimum Gasteiger partial charge on any atom is -0.389 e. The average molecular weight is 254 g/mol. The Bertz CT molecular complexity index is 304. The van der Waals surface area contributed by atoms with Crippen LogP contribution in [0.25, 0.3) is 0 Å². The maximum absolute atomic E-state index is 12.2. The van der Waals surface area contributed by atoms with Crippen LogP contribution in [0.15, 0.2) is 0 Å². The van der Waals surface area contributed by atoms with Gasteiger partial charge in [0.15, 0.2) is 0 Å². The quantitative estimate of drug-likeness (QED) is 0.802. The molecule has 1 amide bonds. The van der Waals surface area contributed by atoms with Crippen molar-refractivity contribution in [2.75, 3.05) is 32.7 Å². The number of likely N-dealkylation sites (tertiary alicyclic amines) is 2. The fourth-order valence-corrected chi connectivity index (χ4v) is 3.17. The standard InChI is InChI=1S/C14H26N2O2/c1-12-5-3-8-16(9-12)13(17)10-15-7-4-6-14(2,18)11-15/h12,18H,3-11H2,1-2H3. The number of carbonyl (C=O) groups is 1. The number of hydrogen-bond donors (Lipinski definition) is 1. The molecule has 0 aromatic heterocycles. The minimum absolute atomic E-state index is 0.235. The molecule has 0 spiro atoms. The van der Waals surface area contributed by atoms with Gasteiger partial charge >= 0.3 is 0 Å². The maximum atomic E-state index is 12.2. The number of carbonyl (C=O) groups excluding carboxylic acids is 1. The van der Waals surface area contributed by atoms with E-state index in [0.29, 0.717) is 19.0 Å². The molecule has 2 fully saturated rings. The van der Waals surface area contributed by atoms with Gasteiger partial charge in [0.2, 0.25) is 5.91 Å². The zero-order valence-corrected chi connectivity index (χ0v) is 11.7. The average Bonchev–Trinajstić information content (AvgIpc) is 2.27. The van der Waals surface area contributed by atoms with E-state index in [1.54, 1.807) is 0 Å². The minimum atomic E-state index is -0.617. The Morgan fingerprint density at radius 1 is 1.39 bits per heavy atom. The molecule has 0 saturated carbocycles. The van der Waals surface area contributed by atoms with Crippen LogP contribution >= 0.6 is 0 Å². The first-order chi connectivity index (χ1) is 8.46. The smallest absolute Gasteiger partial charge is 0.236 e. The van der Waals surface area contributed by atoms with E-state index in [2.05, 4.69) is 11.8 Å². The van der Waals surface area contributed by atoms with Crippen LogP contribution < -0.4 is 0 Å². The molecular weight excluding hydrogens is 228 g/mol. The van der Waals surface area contributed by atoms with Crippen molar-refractivity contribution in [3.8, 4) is 0 Å². The van der Waals surface area contributed by atoms with Gasteiger partial charge in [0, 0.05) is 19.6 Å². The summed E-state index contributed by atoms with van der Waals surface area (Å²) in [4.78, 5) is 16.3. The third-order valence-electron chi connectivity index (χ3n) is 4.12. The van der Waals surface area contributed by atoms with Gasteiger partial charge in [0.25, 0.3) is 0 Å². The number of hydrogen-bond acceptors (Lipinski definition) is 3. The fraction of sp³-hybridized carbons (Fsp3) is 0.929. The van der Waals surface area contributed by atoms with Gasteiger partial charge in [0.1, 0.15) is 0 Å². The number of aliphatic hydroxyl groups is 1. The van der Waals surface area contributed by atoms with Crippen LogP contribution in [0, 0.1) is 5.92 Å². The van der Waals surface area contributed by atoms with Crippen LogP contribution in [-0.4, -0.2) is 59.1 Å². The van der Waals surface area contributed by atoms with Gasteiger partial charge < -0.3 is 10.0 Å². The molecule has 104 valence electrons. The van der Waals surface area contributed by atoms with E-state index in [1.807, 2.05) is 11.8 Å². The highest BCUT2D eigenvalue weighted by Gasteiger charge is 2.30. The van der Waals surface area contributed by atoms with Crippen LogP contribution in [0.5, 0.6) is 0 Å². The second kappa shape index (κ2) is 5.57. The van der Waals surface area contributed by atoms with E-state index < -0.39 is 5.60 Å². The summed E-state index contributed by atoms with van der Waals surface area (Å²) in [6.07, 6.45) is 4.20. The van der Waals surface area contributed by atoms with Gasteiger partial charge in [-0.1, -0.05) is 6.92 Å². The number of rotatable bonds is 2. The van der Waals surface area contributed by atoms with Crippen molar-refractivity contribution >= 4 is 5.91 Å². The Morgan fingerprint density at radius 2 is 2.17 bits per heavy atom. The first kappa shape index (κ1) is 13.8. The molecule has 0 aromatic carbocycles. The molecule has 0 aliphatic carbocycles. The van der Waals surface area contributed by atoms with Gasteiger partial charge in [-0.3, -0.25) is 9.69 Å². The zero-order valence-electron chi connectivity index (χ0n) is 11.7. The molecule has 1 N–H and O–H groups in total. The molecule has 2 aliphatic rings. The Morgan fingerprint density at radius 3 is 2.83 bits per heavy atom. The Balaban J connectivity index is 1.83. The number of piperidine rings is 2. The van der Waals surface area contributed by atoms with Crippen LogP contribution in [0.4, 0.5) is 0 Å². The van der Waals surface area contributed by atoms with Crippen LogP contribution in [-0.2, 0) is 4.79 Å². The highest BCUT2D eigenvalue weighted by molar-refractivity contribution is 5.78. The predicted octanol–water partition coefficient (Wildman–Crippen LogP) is 1.09. The molecule has 2 atom stereocenters. The summed E-state index contributed by atoms with van der Waals surface area (Å²) in [5.74, 6) is 0.867. The molecule has 2 rings (SSSR count). The maximum Gasteiger partial charge on any atom is 0.236 e. The van der Waals surface area contributed by atoms with Gasteiger partial charge in [-0.25, -0.2) is 0 Å². The lowest BCUT2D eigenvalue weighted by molar-refractivity contribution is -0.135. The zero-order chi connectivity index (χ0) is 13.2. The molecule has 2 unspecified atom stereocenters. The van der Waals surface area contributed by atoms with Crippen LogP contribution in [0.3, 0.4) is 0 Å². The summed E-state index contributed by atoms with van der Waals surface area (Å²) in [5.41, 5.74) is -0.617. The van der Waals surface area contributed by atoms with Crippen molar-refractivity contribution < 1.29 is 9.90 Å². The number of β-amino-alcohol motifs (C(OH)–C–C–N with tert-alkyl or cyclic N) is 1. The highest BCUT2D eigenvalue weighted by Crippen LogP contribution is 2.21.